The largest absolute Gasteiger partial charge is 0.411 e. The summed E-state index contributed by atoms with van der Waals surface area (Å²) in [4.78, 5) is 12.9. The van der Waals surface area contributed by atoms with E-state index < -0.39 is 25.3 Å². The van der Waals surface area contributed by atoms with Crippen LogP contribution >= 0.6 is 11.3 Å². The highest BCUT2D eigenvalue weighted by molar-refractivity contribution is 7.12. The average molecular weight is 306 g/mol. The first kappa shape index (κ1) is 16.5. The van der Waals surface area contributed by atoms with Gasteiger partial charge in [0.05, 0.1) is 18.0 Å². The van der Waals surface area contributed by atoms with Crippen molar-refractivity contribution in [2.24, 2.45) is 5.73 Å². The van der Waals surface area contributed by atoms with Crippen LogP contribution in [0.3, 0.4) is 0 Å². The van der Waals surface area contributed by atoms with E-state index in [1.807, 2.05) is 0 Å². The summed E-state index contributed by atoms with van der Waals surface area (Å²) < 4.78 is 39.6. The van der Waals surface area contributed by atoms with Crippen LogP contribution in [0.4, 0.5) is 13.2 Å². The zero-order chi connectivity index (χ0) is 15.0. The molecule has 0 atom stereocenters. The Kier molecular flexibility index (Phi) is 6.51. The molecule has 3 N–H and O–H groups in total. The SMILES string of the molecule is NCC#Cc1ccc(CNC(=O)COCC(F)(F)F)s1. The molecule has 0 saturated heterocycles. The number of nitrogens with one attached hydrogen (secondary N) is 1. The van der Waals surface area contributed by atoms with Gasteiger partial charge in [-0.15, -0.1) is 11.3 Å². The van der Waals surface area contributed by atoms with Crippen LogP contribution in [-0.4, -0.2) is 31.8 Å². The zero-order valence-corrected chi connectivity index (χ0v) is 11.2. The van der Waals surface area contributed by atoms with Crippen molar-refractivity contribution < 1.29 is 22.7 Å². The average Bonchev–Trinajstić information content (AvgIpc) is 2.80. The van der Waals surface area contributed by atoms with Crippen molar-refractivity contribution in [3.05, 3.63) is 21.9 Å². The Labute approximate surface area is 118 Å². The number of amides is 1. The number of rotatable bonds is 5. The normalized spacial score (nSPS) is 10.8. The molecule has 0 aliphatic rings. The van der Waals surface area contributed by atoms with Crippen molar-refractivity contribution in [1.29, 1.82) is 0 Å². The maximum Gasteiger partial charge on any atom is 0.411 e. The lowest BCUT2D eigenvalue weighted by Crippen LogP contribution is -2.29. The van der Waals surface area contributed by atoms with Gasteiger partial charge in [-0.25, -0.2) is 0 Å². The fraction of sp³-hybridized carbons (Fsp3) is 0.417. The minimum Gasteiger partial charge on any atom is -0.362 e. The van der Waals surface area contributed by atoms with Gasteiger partial charge in [0.1, 0.15) is 13.2 Å². The molecule has 8 heteroatoms. The molecule has 1 aromatic heterocycles. The summed E-state index contributed by atoms with van der Waals surface area (Å²) >= 11 is 1.38. The van der Waals surface area contributed by atoms with E-state index in [1.54, 1.807) is 12.1 Å². The van der Waals surface area contributed by atoms with E-state index in [4.69, 9.17) is 5.73 Å². The Morgan fingerprint density at radius 1 is 1.45 bits per heavy atom. The summed E-state index contributed by atoms with van der Waals surface area (Å²) in [7, 11) is 0. The summed E-state index contributed by atoms with van der Waals surface area (Å²) in [6.45, 7) is -1.56. The first-order valence-corrected chi connectivity index (χ1v) is 6.41. The molecule has 0 unspecified atom stereocenters. The second-order valence-electron chi connectivity index (χ2n) is 3.66. The number of ether oxygens (including phenoxy) is 1. The molecular formula is C12H13F3N2O2S. The standard InChI is InChI=1S/C12H13F3N2O2S/c13-12(14,15)8-19-7-11(18)17-6-10-4-3-9(20-10)2-1-5-16/h3-4H,5-8,16H2,(H,17,18). The number of thiophene rings is 1. The number of carbonyl (C=O) groups excluding carboxylic acids is 1. The van der Waals surface area contributed by atoms with Crippen LogP contribution in [0.25, 0.3) is 0 Å². The summed E-state index contributed by atoms with van der Waals surface area (Å²) in [6.07, 6.45) is -4.43. The van der Waals surface area contributed by atoms with Crippen LogP contribution in [0.5, 0.6) is 0 Å². The Balaban J connectivity index is 2.29. The van der Waals surface area contributed by atoms with Crippen molar-refractivity contribution in [3.63, 3.8) is 0 Å². The van der Waals surface area contributed by atoms with Gasteiger partial charge in [0.2, 0.25) is 5.91 Å². The van der Waals surface area contributed by atoms with E-state index in [0.717, 1.165) is 9.75 Å². The highest BCUT2D eigenvalue weighted by Crippen LogP contribution is 2.15. The molecule has 0 saturated carbocycles. The van der Waals surface area contributed by atoms with E-state index in [9.17, 15) is 18.0 Å². The Hall–Kier alpha value is -1.56. The minimum absolute atomic E-state index is 0.225. The van der Waals surface area contributed by atoms with Gasteiger partial charge in [0, 0.05) is 4.88 Å². The van der Waals surface area contributed by atoms with E-state index in [2.05, 4.69) is 21.9 Å². The van der Waals surface area contributed by atoms with Crippen LogP contribution in [0.15, 0.2) is 12.1 Å². The molecule has 0 aromatic carbocycles. The molecule has 1 rings (SSSR count). The van der Waals surface area contributed by atoms with Gasteiger partial charge in [0.15, 0.2) is 0 Å². The van der Waals surface area contributed by atoms with Gasteiger partial charge in [-0.1, -0.05) is 11.8 Å². The highest BCUT2D eigenvalue weighted by Gasteiger charge is 2.27. The monoisotopic (exact) mass is 306 g/mol. The smallest absolute Gasteiger partial charge is 0.362 e. The van der Waals surface area contributed by atoms with Gasteiger partial charge in [-0.05, 0) is 12.1 Å². The molecule has 0 spiro atoms. The number of halogens is 3. The van der Waals surface area contributed by atoms with Crippen LogP contribution < -0.4 is 11.1 Å². The van der Waals surface area contributed by atoms with Gasteiger partial charge >= 0.3 is 6.18 Å². The Bertz CT molecular complexity index is 503. The van der Waals surface area contributed by atoms with E-state index >= 15 is 0 Å². The zero-order valence-electron chi connectivity index (χ0n) is 10.4. The lowest BCUT2D eigenvalue weighted by Gasteiger charge is -2.07. The van der Waals surface area contributed by atoms with Gasteiger partial charge < -0.3 is 15.8 Å². The molecule has 20 heavy (non-hydrogen) atoms. The number of carbonyl (C=O) groups is 1. The minimum atomic E-state index is -4.43. The first-order valence-electron chi connectivity index (χ1n) is 5.59. The van der Waals surface area contributed by atoms with E-state index in [-0.39, 0.29) is 13.1 Å². The summed E-state index contributed by atoms with van der Waals surface area (Å²) in [5.41, 5.74) is 5.24. The molecule has 1 aromatic rings. The van der Waals surface area contributed by atoms with Gasteiger partial charge in [0.25, 0.3) is 0 Å². The quantitative estimate of drug-likeness (QED) is 0.805. The molecule has 110 valence electrons. The van der Waals surface area contributed by atoms with Crippen LogP contribution in [-0.2, 0) is 16.1 Å². The molecule has 1 amide bonds. The molecular weight excluding hydrogens is 293 g/mol. The third-order valence-corrected chi connectivity index (χ3v) is 2.93. The number of hydrogen-bond donors (Lipinski definition) is 2. The fourth-order valence-electron chi connectivity index (χ4n) is 1.17. The maximum absolute atomic E-state index is 11.8. The van der Waals surface area contributed by atoms with E-state index in [1.165, 1.54) is 11.3 Å². The summed E-state index contributed by atoms with van der Waals surface area (Å²) in [6, 6.07) is 3.57. The second-order valence-corrected chi connectivity index (χ2v) is 4.82. The molecule has 0 aliphatic heterocycles. The van der Waals surface area contributed by atoms with Crippen molar-refractivity contribution in [3.8, 4) is 11.8 Å². The van der Waals surface area contributed by atoms with Gasteiger partial charge in [-0.2, -0.15) is 13.2 Å². The van der Waals surface area contributed by atoms with Crippen molar-refractivity contribution in [1.82, 2.24) is 5.32 Å². The number of hydrogen-bond acceptors (Lipinski definition) is 4. The summed E-state index contributed by atoms with van der Waals surface area (Å²) in [5, 5.41) is 2.46. The highest BCUT2D eigenvalue weighted by atomic mass is 32.1. The van der Waals surface area contributed by atoms with Crippen LogP contribution in [0.2, 0.25) is 0 Å². The molecule has 0 aliphatic carbocycles. The fourth-order valence-corrected chi connectivity index (χ4v) is 2.00. The lowest BCUT2D eigenvalue weighted by atomic mass is 10.4. The van der Waals surface area contributed by atoms with Crippen molar-refractivity contribution >= 4 is 17.2 Å². The molecule has 1 heterocycles. The number of nitrogens with two attached hydrogens (primary N) is 1. The second kappa shape index (κ2) is 7.89. The molecule has 0 fully saturated rings. The van der Waals surface area contributed by atoms with Crippen LogP contribution in [0.1, 0.15) is 9.75 Å². The van der Waals surface area contributed by atoms with Crippen molar-refractivity contribution in [2.75, 3.05) is 19.8 Å². The third-order valence-electron chi connectivity index (χ3n) is 1.93. The predicted octanol–water partition coefficient (Wildman–Crippen LogP) is 1.25. The molecule has 0 bridgehead atoms. The maximum atomic E-state index is 11.8. The first-order chi connectivity index (χ1) is 9.40. The Morgan fingerprint density at radius 3 is 2.85 bits per heavy atom. The molecule has 4 nitrogen and oxygen atoms in total. The third kappa shape index (κ3) is 7.13. The molecule has 0 radical (unpaired) electrons. The van der Waals surface area contributed by atoms with E-state index in [0.29, 0.717) is 0 Å². The lowest BCUT2D eigenvalue weighted by molar-refractivity contribution is -0.175. The topological polar surface area (TPSA) is 64.3 Å². The van der Waals surface area contributed by atoms with Gasteiger partial charge in [-0.3, -0.25) is 4.79 Å². The summed E-state index contributed by atoms with van der Waals surface area (Å²) in [5.74, 6) is 4.94. The predicted molar refractivity (Wildman–Crippen MR) is 69.0 cm³/mol. The Morgan fingerprint density at radius 2 is 2.20 bits per heavy atom. The number of alkyl halides is 3. The van der Waals surface area contributed by atoms with Crippen LogP contribution in [0, 0.1) is 11.8 Å². The van der Waals surface area contributed by atoms with Crippen molar-refractivity contribution in [2.45, 2.75) is 12.7 Å².